The summed E-state index contributed by atoms with van der Waals surface area (Å²) in [5.74, 6) is -0.987. The van der Waals surface area contributed by atoms with Gasteiger partial charge < -0.3 is 10.5 Å². The molecule has 0 aliphatic carbocycles. The second kappa shape index (κ2) is 3.62. The molecule has 4 heteroatoms. The first kappa shape index (κ1) is 9.80. The summed E-state index contributed by atoms with van der Waals surface area (Å²) in [7, 11) is 0. The lowest BCUT2D eigenvalue weighted by Crippen LogP contribution is -1.99. The van der Waals surface area contributed by atoms with Crippen molar-refractivity contribution >= 4 is 24.8 Å². The minimum atomic E-state index is -0.987. The molecule has 0 unspecified atom stereocenters. The van der Waals surface area contributed by atoms with Crippen LogP contribution in [0.15, 0.2) is 17.0 Å². The molecule has 1 aromatic carbocycles. The third kappa shape index (κ3) is 1.89. The van der Waals surface area contributed by atoms with Gasteiger partial charge in [-0.05, 0) is 24.6 Å². The van der Waals surface area contributed by atoms with E-state index in [9.17, 15) is 4.79 Å². The Morgan fingerprint density at radius 1 is 1.62 bits per heavy atom. The van der Waals surface area contributed by atoms with Gasteiger partial charge in [0.15, 0.2) is 0 Å². The van der Waals surface area contributed by atoms with Crippen molar-refractivity contribution in [1.82, 2.24) is 0 Å². The Morgan fingerprint density at radius 2 is 2.23 bits per heavy atom. The second-order valence-electron chi connectivity index (χ2n) is 2.68. The van der Waals surface area contributed by atoms with Gasteiger partial charge in [-0.1, -0.05) is 0 Å². The molecule has 0 fully saturated rings. The van der Waals surface area contributed by atoms with Crippen molar-refractivity contribution < 1.29 is 9.90 Å². The first-order chi connectivity index (χ1) is 6.06. The number of thiol groups is 1. The number of carbonyl (C=O) groups is 1. The molecule has 0 heterocycles. The van der Waals surface area contributed by atoms with Crippen LogP contribution in [0, 0.1) is 12.3 Å². The van der Waals surface area contributed by atoms with Gasteiger partial charge in [-0.15, -0.1) is 12.6 Å². The summed E-state index contributed by atoms with van der Waals surface area (Å²) in [5, 5.41) is 15.8. The molecule has 0 aliphatic rings. The Labute approximate surface area is 81.3 Å². The van der Waals surface area contributed by atoms with Gasteiger partial charge in [0.25, 0.3) is 0 Å². The number of aromatic carboxylic acids is 1. The second-order valence-corrected chi connectivity index (χ2v) is 3.13. The molecule has 0 spiro atoms. The average Bonchev–Trinajstić information content (AvgIpc) is 2.09. The Kier molecular flexibility index (Phi) is 2.72. The van der Waals surface area contributed by atoms with Gasteiger partial charge in [-0.25, -0.2) is 4.79 Å². The number of carboxylic acids is 1. The molecule has 0 saturated heterocycles. The van der Waals surface area contributed by atoms with Crippen molar-refractivity contribution in [3.8, 4) is 0 Å². The highest BCUT2D eigenvalue weighted by molar-refractivity contribution is 7.80. The number of hydrogen-bond acceptors (Lipinski definition) is 3. The molecular formula is C9H9NO2S. The van der Waals surface area contributed by atoms with Crippen molar-refractivity contribution in [2.24, 2.45) is 0 Å². The Balaban J connectivity index is 3.38. The predicted molar refractivity (Wildman–Crippen MR) is 53.3 cm³/mol. The van der Waals surface area contributed by atoms with Crippen LogP contribution in [0.4, 0.5) is 0 Å². The van der Waals surface area contributed by atoms with Crippen LogP contribution in [-0.2, 0) is 0 Å². The van der Waals surface area contributed by atoms with Gasteiger partial charge in [-0.3, -0.25) is 0 Å². The lowest BCUT2D eigenvalue weighted by atomic mass is 10.1. The average molecular weight is 195 g/mol. The fourth-order valence-electron chi connectivity index (χ4n) is 1.04. The molecule has 1 aromatic rings. The molecule has 0 atom stereocenters. The number of aryl methyl sites for hydroxylation is 1. The van der Waals surface area contributed by atoms with E-state index in [-0.39, 0.29) is 5.56 Å². The van der Waals surface area contributed by atoms with Crippen molar-refractivity contribution in [3.63, 3.8) is 0 Å². The summed E-state index contributed by atoms with van der Waals surface area (Å²) < 4.78 is 0. The van der Waals surface area contributed by atoms with Crippen LogP contribution in [0.3, 0.4) is 0 Å². The van der Waals surface area contributed by atoms with E-state index in [0.717, 1.165) is 11.8 Å². The van der Waals surface area contributed by atoms with E-state index in [4.69, 9.17) is 10.5 Å². The Morgan fingerprint density at radius 3 is 2.69 bits per heavy atom. The van der Waals surface area contributed by atoms with Gasteiger partial charge in [0, 0.05) is 16.7 Å². The lowest BCUT2D eigenvalue weighted by molar-refractivity contribution is 0.0696. The van der Waals surface area contributed by atoms with Crippen LogP contribution in [-0.4, -0.2) is 17.3 Å². The molecule has 0 bridgehead atoms. The topological polar surface area (TPSA) is 61.1 Å². The molecule has 68 valence electrons. The van der Waals surface area contributed by atoms with E-state index < -0.39 is 5.97 Å². The van der Waals surface area contributed by atoms with Crippen LogP contribution in [0.25, 0.3) is 0 Å². The maximum Gasteiger partial charge on any atom is 0.335 e. The molecule has 1 rings (SSSR count). The predicted octanol–water partition coefficient (Wildman–Crippen LogP) is 1.98. The normalized spacial score (nSPS) is 9.69. The molecule has 0 aliphatic heterocycles. The standard InChI is InChI=1S/C9H9NO2S/c1-5-2-6(9(11)12)3-7(4-10)8(5)13/h2-4,10,13H,1H3,(H,11,12). The first-order valence-electron chi connectivity index (χ1n) is 3.63. The number of hydrogen-bond donors (Lipinski definition) is 3. The maximum atomic E-state index is 10.6. The Bertz CT molecular complexity index is 374. The van der Waals surface area contributed by atoms with Gasteiger partial charge in [0.05, 0.1) is 5.56 Å². The van der Waals surface area contributed by atoms with Gasteiger partial charge in [0.2, 0.25) is 0 Å². The van der Waals surface area contributed by atoms with Crippen molar-refractivity contribution in [2.75, 3.05) is 0 Å². The highest BCUT2D eigenvalue weighted by atomic mass is 32.1. The van der Waals surface area contributed by atoms with Crippen LogP contribution < -0.4 is 0 Å². The number of benzene rings is 1. The zero-order valence-electron chi connectivity index (χ0n) is 7.03. The molecule has 0 amide bonds. The number of rotatable bonds is 2. The molecule has 0 radical (unpaired) electrons. The summed E-state index contributed by atoms with van der Waals surface area (Å²) in [6.07, 6.45) is 1.10. The van der Waals surface area contributed by atoms with Crippen molar-refractivity contribution in [3.05, 3.63) is 28.8 Å². The Hall–Kier alpha value is -1.29. The van der Waals surface area contributed by atoms with Gasteiger partial charge in [-0.2, -0.15) is 0 Å². The summed E-state index contributed by atoms with van der Waals surface area (Å²) in [4.78, 5) is 11.3. The van der Waals surface area contributed by atoms with Gasteiger partial charge in [0.1, 0.15) is 0 Å². The monoisotopic (exact) mass is 195 g/mol. The minimum absolute atomic E-state index is 0.189. The maximum absolute atomic E-state index is 10.6. The molecule has 0 saturated carbocycles. The molecule has 3 nitrogen and oxygen atoms in total. The quantitative estimate of drug-likeness (QED) is 0.499. The molecular weight excluding hydrogens is 186 g/mol. The fraction of sp³-hybridized carbons (Fsp3) is 0.111. The van der Waals surface area contributed by atoms with Gasteiger partial charge >= 0.3 is 5.97 Å². The smallest absolute Gasteiger partial charge is 0.335 e. The number of nitrogens with one attached hydrogen (secondary N) is 1. The van der Waals surface area contributed by atoms with E-state index >= 15 is 0 Å². The zero-order chi connectivity index (χ0) is 10.0. The van der Waals surface area contributed by atoms with Crippen LogP contribution >= 0.6 is 12.6 Å². The summed E-state index contributed by atoms with van der Waals surface area (Å²) in [5.41, 5.74) is 1.48. The third-order valence-corrected chi connectivity index (χ3v) is 2.34. The third-order valence-electron chi connectivity index (χ3n) is 1.73. The van der Waals surface area contributed by atoms with Crippen LogP contribution in [0.2, 0.25) is 0 Å². The van der Waals surface area contributed by atoms with Crippen molar-refractivity contribution in [2.45, 2.75) is 11.8 Å². The van der Waals surface area contributed by atoms with E-state index in [0.29, 0.717) is 10.5 Å². The minimum Gasteiger partial charge on any atom is -0.478 e. The van der Waals surface area contributed by atoms with E-state index in [1.807, 2.05) is 0 Å². The summed E-state index contributed by atoms with van der Waals surface area (Å²) in [6.45, 7) is 1.77. The molecule has 13 heavy (non-hydrogen) atoms. The van der Waals surface area contributed by atoms with E-state index in [2.05, 4.69) is 12.6 Å². The summed E-state index contributed by atoms with van der Waals surface area (Å²) in [6, 6.07) is 2.97. The fourth-order valence-corrected chi connectivity index (χ4v) is 1.23. The molecule has 0 aromatic heterocycles. The highest BCUT2D eigenvalue weighted by Gasteiger charge is 2.07. The lowest BCUT2D eigenvalue weighted by Gasteiger charge is -2.04. The SMILES string of the molecule is Cc1cc(C(=O)O)cc(C=N)c1S. The first-order valence-corrected chi connectivity index (χ1v) is 4.08. The summed E-state index contributed by atoms with van der Waals surface area (Å²) >= 11 is 4.16. The van der Waals surface area contributed by atoms with Crippen LogP contribution in [0.5, 0.6) is 0 Å². The largest absolute Gasteiger partial charge is 0.478 e. The molecule has 2 N–H and O–H groups in total. The highest BCUT2D eigenvalue weighted by Crippen LogP contribution is 2.19. The van der Waals surface area contributed by atoms with E-state index in [1.54, 1.807) is 6.92 Å². The van der Waals surface area contributed by atoms with Crippen molar-refractivity contribution in [1.29, 1.82) is 5.41 Å². The zero-order valence-corrected chi connectivity index (χ0v) is 7.93. The van der Waals surface area contributed by atoms with Crippen LogP contribution in [0.1, 0.15) is 21.5 Å². The number of carboxylic acid groups (broad SMARTS) is 1. The van der Waals surface area contributed by atoms with E-state index in [1.165, 1.54) is 12.1 Å².